The molecule has 166 valence electrons. The van der Waals surface area contributed by atoms with Crippen molar-refractivity contribution in [1.29, 1.82) is 0 Å². The van der Waals surface area contributed by atoms with Gasteiger partial charge in [0.2, 0.25) is 0 Å². The average molecular weight is 527 g/mol. The van der Waals surface area contributed by atoms with Crippen LogP contribution >= 0.6 is 24.0 Å². The molecule has 1 unspecified atom stereocenters. The Labute approximate surface area is 189 Å². The minimum Gasteiger partial charge on any atom is -0.357 e. The molecule has 1 aromatic carbocycles. The van der Waals surface area contributed by atoms with Gasteiger partial charge in [-0.15, -0.1) is 24.0 Å². The van der Waals surface area contributed by atoms with Gasteiger partial charge in [-0.25, -0.2) is 4.99 Å². The molecule has 1 fully saturated rings. The summed E-state index contributed by atoms with van der Waals surface area (Å²) in [6.07, 6.45) is -4.18. The number of piperazine rings is 1. The first-order chi connectivity index (χ1) is 13.2. The first-order valence-electron chi connectivity index (χ1n) is 9.77. The molecule has 0 amide bonds. The predicted octanol–water partition coefficient (Wildman–Crippen LogP) is 3.40. The molecule has 0 spiro atoms. The Bertz CT molecular complexity index is 626. The van der Waals surface area contributed by atoms with E-state index in [-0.39, 0.29) is 24.0 Å². The monoisotopic (exact) mass is 527 g/mol. The Morgan fingerprint density at radius 1 is 1.10 bits per heavy atom. The second-order valence-corrected chi connectivity index (χ2v) is 7.47. The fourth-order valence-electron chi connectivity index (χ4n) is 3.24. The number of benzene rings is 1. The van der Waals surface area contributed by atoms with Crippen LogP contribution in [0.25, 0.3) is 0 Å². The number of nitrogens with one attached hydrogen (secondary N) is 1. The maximum atomic E-state index is 12.9. The van der Waals surface area contributed by atoms with Crippen LogP contribution in [0.4, 0.5) is 13.2 Å². The minimum atomic E-state index is -4.18. The molecule has 0 aromatic heterocycles. The molecule has 29 heavy (non-hydrogen) atoms. The highest BCUT2D eigenvalue weighted by Gasteiger charge is 2.41. The fourth-order valence-corrected chi connectivity index (χ4v) is 3.24. The lowest BCUT2D eigenvalue weighted by Gasteiger charge is -2.39. The van der Waals surface area contributed by atoms with Gasteiger partial charge in [0.1, 0.15) is 6.04 Å². The molecule has 0 radical (unpaired) electrons. The van der Waals surface area contributed by atoms with Crippen molar-refractivity contribution in [1.82, 2.24) is 20.0 Å². The summed E-state index contributed by atoms with van der Waals surface area (Å²) in [5.41, 5.74) is 2.36. The van der Waals surface area contributed by atoms with Crippen molar-refractivity contribution >= 4 is 29.9 Å². The molecular formula is C20H33F3IN5. The van der Waals surface area contributed by atoms with Crippen LogP contribution in [0, 0.1) is 0 Å². The Hall–Kier alpha value is -1.07. The van der Waals surface area contributed by atoms with Crippen LogP contribution in [0.2, 0.25) is 0 Å². The van der Waals surface area contributed by atoms with Gasteiger partial charge in [-0.3, -0.25) is 4.90 Å². The molecule has 1 atom stereocenters. The molecule has 1 heterocycles. The zero-order valence-corrected chi connectivity index (χ0v) is 20.0. The van der Waals surface area contributed by atoms with Gasteiger partial charge in [0.05, 0.1) is 6.54 Å². The van der Waals surface area contributed by atoms with Gasteiger partial charge < -0.3 is 15.1 Å². The predicted molar refractivity (Wildman–Crippen MR) is 123 cm³/mol. The molecule has 1 saturated heterocycles. The maximum Gasteiger partial charge on any atom is 0.403 e. The van der Waals surface area contributed by atoms with Gasteiger partial charge in [-0.2, -0.15) is 13.2 Å². The molecule has 0 saturated carbocycles. The van der Waals surface area contributed by atoms with E-state index in [1.54, 1.807) is 0 Å². The molecule has 5 nitrogen and oxygen atoms in total. The van der Waals surface area contributed by atoms with Crippen LogP contribution in [-0.4, -0.2) is 79.7 Å². The Kier molecular flexibility index (Phi) is 10.7. The van der Waals surface area contributed by atoms with E-state index < -0.39 is 12.2 Å². The largest absolute Gasteiger partial charge is 0.403 e. The second kappa shape index (κ2) is 11.9. The number of halogens is 4. The summed E-state index contributed by atoms with van der Waals surface area (Å²) in [5, 5.41) is 3.26. The topological polar surface area (TPSA) is 34.1 Å². The third-order valence-electron chi connectivity index (χ3n) is 4.90. The van der Waals surface area contributed by atoms with Gasteiger partial charge in [-0.1, -0.05) is 24.3 Å². The van der Waals surface area contributed by atoms with Crippen molar-refractivity contribution < 1.29 is 13.2 Å². The van der Waals surface area contributed by atoms with E-state index >= 15 is 0 Å². The number of hydrogen-bond acceptors (Lipinski definition) is 3. The summed E-state index contributed by atoms with van der Waals surface area (Å²) in [6.45, 7) is 7.22. The Balaban J connectivity index is 0.00000420. The molecule has 1 aliphatic heterocycles. The molecule has 1 aliphatic rings. The van der Waals surface area contributed by atoms with Crippen LogP contribution < -0.4 is 5.32 Å². The standard InChI is InChI=1S/C20H32F3N5.HI/c1-5-24-19(25-14-17-6-8-18(9-7-17)15-26(3)4)28-12-10-27(11-13-28)16(2)20(21,22)23;/h6-9,16H,5,10-15H2,1-4H3,(H,24,25);1H. The number of aliphatic imine (C=N–C) groups is 1. The lowest BCUT2D eigenvalue weighted by atomic mass is 10.1. The number of guanidine groups is 1. The van der Waals surface area contributed by atoms with Gasteiger partial charge in [0, 0.05) is 39.3 Å². The van der Waals surface area contributed by atoms with Crippen LogP contribution in [0.15, 0.2) is 29.3 Å². The van der Waals surface area contributed by atoms with Crippen molar-refractivity contribution in [3.8, 4) is 0 Å². The number of rotatable bonds is 6. The third-order valence-corrected chi connectivity index (χ3v) is 4.90. The SMILES string of the molecule is CCNC(=NCc1ccc(CN(C)C)cc1)N1CCN(C(C)C(F)(F)F)CC1.I. The van der Waals surface area contributed by atoms with E-state index in [0.29, 0.717) is 32.7 Å². The molecule has 2 rings (SSSR count). The van der Waals surface area contributed by atoms with E-state index in [0.717, 1.165) is 24.6 Å². The molecule has 9 heteroatoms. The second-order valence-electron chi connectivity index (χ2n) is 7.47. The van der Waals surface area contributed by atoms with Crippen LogP contribution in [0.3, 0.4) is 0 Å². The number of alkyl halides is 3. The van der Waals surface area contributed by atoms with Crippen molar-refractivity contribution in [2.75, 3.05) is 46.8 Å². The van der Waals surface area contributed by atoms with E-state index in [2.05, 4.69) is 34.5 Å². The average Bonchev–Trinajstić information content (AvgIpc) is 2.65. The lowest BCUT2D eigenvalue weighted by molar-refractivity contribution is -0.181. The van der Waals surface area contributed by atoms with Crippen LogP contribution in [-0.2, 0) is 13.1 Å². The molecule has 0 aliphatic carbocycles. The summed E-state index contributed by atoms with van der Waals surface area (Å²) in [4.78, 5) is 10.4. The van der Waals surface area contributed by atoms with Crippen molar-refractivity contribution in [2.45, 2.75) is 39.2 Å². The van der Waals surface area contributed by atoms with Crippen LogP contribution in [0.1, 0.15) is 25.0 Å². The van der Waals surface area contributed by atoms with E-state index in [4.69, 9.17) is 4.99 Å². The Morgan fingerprint density at radius 2 is 1.66 bits per heavy atom. The molecule has 1 N–H and O–H groups in total. The first-order valence-corrected chi connectivity index (χ1v) is 9.77. The van der Waals surface area contributed by atoms with E-state index in [1.165, 1.54) is 17.4 Å². The highest BCUT2D eigenvalue weighted by atomic mass is 127. The van der Waals surface area contributed by atoms with Crippen molar-refractivity contribution in [2.24, 2.45) is 4.99 Å². The first kappa shape index (κ1) is 26.0. The van der Waals surface area contributed by atoms with E-state index in [1.807, 2.05) is 25.9 Å². The van der Waals surface area contributed by atoms with Crippen molar-refractivity contribution in [3.05, 3.63) is 35.4 Å². The lowest BCUT2D eigenvalue weighted by Crippen LogP contribution is -2.56. The third kappa shape index (κ3) is 8.29. The highest BCUT2D eigenvalue weighted by Crippen LogP contribution is 2.25. The summed E-state index contributed by atoms with van der Waals surface area (Å²) < 4.78 is 38.8. The zero-order chi connectivity index (χ0) is 20.7. The summed E-state index contributed by atoms with van der Waals surface area (Å²) in [7, 11) is 4.08. The normalized spacial score (nSPS) is 17.2. The summed E-state index contributed by atoms with van der Waals surface area (Å²) >= 11 is 0. The minimum absolute atomic E-state index is 0. The van der Waals surface area contributed by atoms with Crippen LogP contribution in [0.5, 0.6) is 0 Å². The highest BCUT2D eigenvalue weighted by molar-refractivity contribution is 14.0. The van der Waals surface area contributed by atoms with E-state index in [9.17, 15) is 13.2 Å². The molecule has 1 aromatic rings. The van der Waals surface area contributed by atoms with Gasteiger partial charge >= 0.3 is 6.18 Å². The summed E-state index contributed by atoms with van der Waals surface area (Å²) in [6, 6.07) is 6.96. The summed E-state index contributed by atoms with van der Waals surface area (Å²) in [5.74, 6) is 0.763. The molecule has 0 bridgehead atoms. The smallest absolute Gasteiger partial charge is 0.357 e. The Morgan fingerprint density at radius 3 is 2.14 bits per heavy atom. The van der Waals surface area contributed by atoms with Gasteiger partial charge in [0.25, 0.3) is 0 Å². The quantitative estimate of drug-likeness (QED) is 0.350. The fraction of sp³-hybridized carbons (Fsp3) is 0.650. The van der Waals surface area contributed by atoms with Crippen molar-refractivity contribution in [3.63, 3.8) is 0 Å². The maximum absolute atomic E-state index is 12.9. The number of nitrogens with zero attached hydrogens (tertiary/aromatic N) is 4. The van der Waals surface area contributed by atoms with Gasteiger partial charge in [0.15, 0.2) is 5.96 Å². The number of hydrogen-bond donors (Lipinski definition) is 1. The zero-order valence-electron chi connectivity index (χ0n) is 17.7. The molecular weight excluding hydrogens is 494 g/mol. The van der Waals surface area contributed by atoms with Gasteiger partial charge in [-0.05, 0) is 39.1 Å².